The molecule has 0 unspecified atom stereocenters. The zero-order valence-corrected chi connectivity index (χ0v) is 37.5. The third kappa shape index (κ3) is 9.13. The van der Waals surface area contributed by atoms with E-state index in [2.05, 4.69) is 23.7 Å². The minimum Gasteiger partial charge on any atom is -1.00 e. The summed E-state index contributed by atoms with van der Waals surface area (Å²) in [6, 6.07) is 6.05. The number of carbonyl (C=O) groups is 3. The first-order valence-corrected chi connectivity index (χ1v) is 18.6. The van der Waals surface area contributed by atoms with Gasteiger partial charge in [-0.05, 0) is 95.4 Å². The Morgan fingerprint density at radius 2 is 1.69 bits per heavy atom. The van der Waals surface area contributed by atoms with Crippen molar-refractivity contribution >= 4 is 31.0 Å². The van der Waals surface area contributed by atoms with Crippen molar-refractivity contribution in [2.75, 3.05) is 31.6 Å². The van der Waals surface area contributed by atoms with E-state index in [9.17, 15) is 38.9 Å². The average molecular weight is 787 g/mol. The largest absolute Gasteiger partial charge is 1.00 e. The van der Waals surface area contributed by atoms with Gasteiger partial charge in [-0.25, -0.2) is 4.39 Å². The second-order valence-corrected chi connectivity index (χ2v) is 15.9. The summed E-state index contributed by atoms with van der Waals surface area (Å²) >= 11 is 0. The second kappa shape index (κ2) is 18.8. The monoisotopic (exact) mass is 786 g/mol. The Kier molecular flexibility index (Phi) is 18.0. The number of alkyl halides is 1. The van der Waals surface area contributed by atoms with Crippen LogP contribution in [0.2, 0.25) is 0 Å². The number of halogens is 2. The number of phosphoric ester groups is 1. The number of anilines is 1. The fourth-order valence-electron chi connectivity index (χ4n) is 9.31. The van der Waals surface area contributed by atoms with Crippen molar-refractivity contribution in [1.82, 2.24) is 0 Å². The van der Waals surface area contributed by atoms with Gasteiger partial charge < -0.3 is 51.7 Å². The summed E-state index contributed by atoms with van der Waals surface area (Å²) in [7, 11) is -5.43. The molecule has 4 N–H and O–H groups in total. The predicted octanol–water partition coefficient (Wildman–Crippen LogP) is -7.07. The van der Waals surface area contributed by atoms with Crippen LogP contribution in [0.4, 0.5) is 10.1 Å². The molecule has 3 fully saturated rings. The number of aryl methyl sites for hydroxylation is 2. The SMILES string of the molecule is CC[NH+](CC)CC(=O)Nc1c(C)cccc1C.C[C@@H]1C[C@H]2[C@@H]3CCC4=CC(=O)C=C[C@]4(C)[C@@]3(F)[C@@H](O)C[C@]2(C)[C@@]1(O)C(=O)COP(=O)([O-])[O-].[Cl-].[Na+].[Na+]. The number of carbonyl (C=O) groups excluding carboxylic acids is 3. The molecule has 3 saturated carbocycles. The molecular weight excluding hydrogens is 736 g/mol. The van der Waals surface area contributed by atoms with Gasteiger partial charge in [0, 0.05) is 22.4 Å². The van der Waals surface area contributed by atoms with E-state index in [1.54, 1.807) is 20.8 Å². The summed E-state index contributed by atoms with van der Waals surface area (Å²) in [6.45, 7) is 14.6. The molecule has 8 atom stereocenters. The molecular formula is C36H51ClFN2Na2O9P. The van der Waals surface area contributed by atoms with Crippen LogP contribution in [0, 0.1) is 42.4 Å². The van der Waals surface area contributed by atoms with E-state index in [1.807, 2.05) is 32.0 Å². The number of likely N-dealkylation sites (N-methyl/N-ethyl adjacent to an activating group) is 1. The number of aliphatic hydroxyl groups excluding tert-OH is 1. The quantitative estimate of drug-likeness (QED) is 0.140. The van der Waals surface area contributed by atoms with E-state index in [-0.39, 0.29) is 96.1 Å². The van der Waals surface area contributed by atoms with Crippen LogP contribution in [-0.2, 0) is 23.5 Å². The van der Waals surface area contributed by atoms with Crippen LogP contribution in [0.15, 0.2) is 42.0 Å². The van der Waals surface area contributed by atoms with E-state index in [1.165, 1.54) is 23.1 Å². The van der Waals surface area contributed by atoms with Crippen LogP contribution in [0.5, 0.6) is 0 Å². The molecule has 0 bridgehead atoms. The molecule has 4 aliphatic carbocycles. The second-order valence-electron chi connectivity index (χ2n) is 14.8. The summed E-state index contributed by atoms with van der Waals surface area (Å²) in [6.07, 6.45) is 3.54. The van der Waals surface area contributed by atoms with E-state index in [0.29, 0.717) is 25.0 Å². The molecule has 0 aromatic heterocycles. The smallest absolute Gasteiger partial charge is 1.00 e. The molecule has 280 valence electrons. The maximum absolute atomic E-state index is 17.0. The summed E-state index contributed by atoms with van der Waals surface area (Å²) < 4.78 is 32.0. The van der Waals surface area contributed by atoms with E-state index in [0.717, 1.165) is 29.9 Å². The molecule has 0 spiro atoms. The molecule has 1 amide bonds. The van der Waals surface area contributed by atoms with Gasteiger partial charge in [-0.2, -0.15) is 0 Å². The first-order chi connectivity index (χ1) is 22.7. The maximum Gasteiger partial charge on any atom is 1.00 e. The number of Topliss-reactive ketones (excluding diaryl/α,β-unsaturated/α-hetero) is 1. The Morgan fingerprint density at radius 1 is 1.12 bits per heavy atom. The van der Waals surface area contributed by atoms with E-state index < -0.39 is 66.2 Å². The Labute approximate surface area is 357 Å². The summed E-state index contributed by atoms with van der Waals surface area (Å²) in [5.74, 6) is -2.96. The number of para-hydroxylation sites is 1. The van der Waals surface area contributed by atoms with Gasteiger partial charge in [-0.1, -0.05) is 43.7 Å². The van der Waals surface area contributed by atoms with Crippen LogP contribution in [0.1, 0.15) is 71.4 Å². The van der Waals surface area contributed by atoms with E-state index in [4.69, 9.17) is 0 Å². The van der Waals surface area contributed by atoms with Crippen LogP contribution in [0.25, 0.3) is 0 Å². The Balaban J connectivity index is 0.000000581. The van der Waals surface area contributed by atoms with Gasteiger partial charge in [-0.15, -0.1) is 0 Å². The minimum absolute atomic E-state index is 0. The number of aliphatic hydroxyl groups is 2. The van der Waals surface area contributed by atoms with Gasteiger partial charge in [0.2, 0.25) is 0 Å². The number of fused-ring (bicyclic) bond motifs is 5. The molecule has 0 aliphatic heterocycles. The molecule has 11 nitrogen and oxygen atoms in total. The molecule has 0 saturated heterocycles. The molecule has 5 rings (SSSR count). The zero-order valence-electron chi connectivity index (χ0n) is 31.9. The predicted molar refractivity (Wildman–Crippen MR) is 178 cm³/mol. The van der Waals surface area contributed by atoms with Crippen molar-refractivity contribution < 1.29 is 124 Å². The van der Waals surface area contributed by atoms with Gasteiger partial charge in [0.1, 0.15) is 12.2 Å². The van der Waals surface area contributed by atoms with Crippen LogP contribution < -0.4 is 91.5 Å². The first-order valence-electron chi connectivity index (χ1n) is 17.1. The number of amides is 1. The number of phosphoric acid groups is 1. The van der Waals surface area contributed by atoms with Gasteiger partial charge in [0.05, 0.1) is 27.0 Å². The number of hydrogen-bond acceptors (Lipinski definition) is 9. The number of quaternary nitrogens is 1. The Bertz CT molecular complexity index is 1570. The fraction of sp³-hybridized carbons (Fsp3) is 0.639. The van der Waals surface area contributed by atoms with E-state index >= 15 is 4.39 Å². The van der Waals surface area contributed by atoms with Crippen LogP contribution in [0.3, 0.4) is 0 Å². The van der Waals surface area contributed by atoms with Crippen molar-refractivity contribution in [3.63, 3.8) is 0 Å². The molecule has 0 radical (unpaired) electrons. The number of ketones is 2. The normalized spacial score (nSPS) is 33.0. The third-order valence-corrected chi connectivity index (χ3v) is 12.6. The molecule has 16 heteroatoms. The molecule has 0 heterocycles. The average Bonchev–Trinajstić information content (AvgIpc) is 3.23. The Hall–Kier alpha value is -0.280. The van der Waals surface area contributed by atoms with Crippen molar-refractivity contribution in [1.29, 1.82) is 0 Å². The molecule has 1 aromatic carbocycles. The van der Waals surface area contributed by atoms with Crippen molar-refractivity contribution in [2.24, 2.45) is 28.6 Å². The fourth-order valence-corrected chi connectivity index (χ4v) is 9.59. The summed E-state index contributed by atoms with van der Waals surface area (Å²) in [5, 5.41) is 25.8. The summed E-state index contributed by atoms with van der Waals surface area (Å²) in [4.78, 5) is 59.8. The number of allylic oxidation sites excluding steroid dienone is 4. The van der Waals surface area contributed by atoms with Crippen LogP contribution in [-0.4, -0.2) is 71.3 Å². The standard InChI is InChI=1S/C22H30FO8P.C14H22N2O.ClH.2Na/c1-12-8-16-15-5-4-13-9-14(24)6-7-19(13,2)21(15,23)17(25)10-20(16,3)22(12,27)18(26)11-31-32(28,29)30;1-5-16(6-2)10-13(17)15-14-11(3)8-7-9-12(14)4;;;/h6-7,9,12,15-17,25,27H,4-5,8,10-11H2,1-3H3,(H2,28,29,30);7-9H,5-6,10H2,1-4H3,(H,15,17);1H;;/q;;;2*+1/p-2/t12-,15+,16+,17+,19+,20+,21+,22+;;;;/m1..../s1. The summed E-state index contributed by atoms with van der Waals surface area (Å²) in [5.41, 5.74) is -2.83. The number of hydrogen-bond donors (Lipinski definition) is 4. The van der Waals surface area contributed by atoms with Gasteiger partial charge >= 0.3 is 59.1 Å². The number of benzene rings is 1. The van der Waals surface area contributed by atoms with Gasteiger partial charge in [0.25, 0.3) is 5.91 Å². The van der Waals surface area contributed by atoms with Gasteiger partial charge in [0.15, 0.2) is 23.8 Å². The van der Waals surface area contributed by atoms with Crippen molar-refractivity contribution in [3.8, 4) is 0 Å². The van der Waals surface area contributed by atoms with Crippen molar-refractivity contribution in [3.05, 3.63) is 53.1 Å². The molecule has 1 aromatic rings. The van der Waals surface area contributed by atoms with Crippen LogP contribution >= 0.6 is 7.82 Å². The Morgan fingerprint density at radius 3 is 2.23 bits per heavy atom. The van der Waals surface area contributed by atoms with Gasteiger partial charge in [-0.3, -0.25) is 14.4 Å². The van der Waals surface area contributed by atoms with Crippen molar-refractivity contribution in [2.45, 2.75) is 91.5 Å². The topological polar surface area (TPSA) is 181 Å². The number of nitrogens with one attached hydrogen (secondary N) is 2. The molecule has 4 aliphatic rings. The maximum atomic E-state index is 17.0. The minimum atomic E-state index is -5.43. The molecule has 52 heavy (non-hydrogen) atoms. The first kappa shape index (κ1) is 49.7. The zero-order chi connectivity index (χ0) is 36.7. The number of rotatable bonds is 9. The third-order valence-electron chi connectivity index (χ3n) is 12.2.